The second kappa shape index (κ2) is 7.38. The van der Waals surface area contributed by atoms with Crippen LogP contribution in [0.2, 0.25) is 0 Å². The number of likely N-dealkylation sites (tertiary alicyclic amines) is 1. The first kappa shape index (κ1) is 17.4. The fraction of sp³-hybridized carbons (Fsp3) is 0.933. The van der Waals surface area contributed by atoms with Crippen LogP contribution in [-0.2, 0) is 4.79 Å². The van der Waals surface area contributed by atoms with Crippen molar-refractivity contribution in [1.82, 2.24) is 15.1 Å². The Bertz CT molecular complexity index is 319. The molecule has 0 radical (unpaired) electrons. The summed E-state index contributed by atoms with van der Waals surface area (Å²) in [5.74, 6) is -0.272. The van der Waals surface area contributed by atoms with Crippen molar-refractivity contribution < 1.29 is 4.79 Å². The van der Waals surface area contributed by atoms with Gasteiger partial charge in [-0.05, 0) is 46.8 Å². The SMILES string of the molecule is CCN(CC)C1CCN(C(C)CC(C)(NC)C(N)=O)C1. The van der Waals surface area contributed by atoms with E-state index in [4.69, 9.17) is 5.73 Å². The first-order valence-corrected chi connectivity index (χ1v) is 7.84. The fourth-order valence-corrected chi connectivity index (χ4v) is 3.25. The maximum Gasteiger partial charge on any atom is 0.237 e. The lowest BCUT2D eigenvalue weighted by atomic mass is 9.92. The highest BCUT2D eigenvalue weighted by molar-refractivity contribution is 5.84. The minimum Gasteiger partial charge on any atom is -0.368 e. The van der Waals surface area contributed by atoms with E-state index in [0.717, 1.165) is 32.6 Å². The molecule has 20 heavy (non-hydrogen) atoms. The second-order valence-electron chi connectivity index (χ2n) is 6.16. The van der Waals surface area contributed by atoms with Crippen molar-refractivity contribution in [1.29, 1.82) is 0 Å². The van der Waals surface area contributed by atoms with E-state index < -0.39 is 5.54 Å². The Morgan fingerprint density at radius 1 is 1.50 bits per heavy atom. The van der Waals surface area contributed by atoms with Gasteiger partial charge in [-0.3, -0.25) is 14.6 Å². The molecule has 3 N–H and O–H groups in total. The highest BCUT2D eigenvalue weighted by atomic mass is 16.1. The van der Waals surface area contributed by atoms with Crippen molar-refractivity contribution in [3.63, 3.8) is 0 Å². The zero-order valence-electron chi connectivity index (χ0n) is 13.8. The van der Waals surface area contributed by atoms with Gasteiger partial charge in [-0.25, -0.2) is 0 Å². The molecular weight excluding hydrogens is 252 g/mol. The van der Waals surface area contributed by atoms with Crippen LogP contribution in [0.5, 0.6) is 0 Å². The topological polar surface area (TPSA) is 61.6 Å². The summed E-state index contributed by atoms with van der Waals surface area (Å²) in [6, 6.07) is 1.02. The molecule has 1 saturated heterocycles. The van der Waals surface area contributed by atoms with Gasteiger partial charge in [0.2, 0.25) is 5.91 Å². The summed E-state index contributed by atoms with van der Waals surface area (Å²) in [4.78, 5) is 16.6. The molecule has 3 unspecified atom stereocenters. The maximum absolute atomic E-state index is 11.6. The quantitative estimate of drug-likeness (QED) is 0.687. The van der Waals surface area contributed by atoms with Gasteiger partial charge in [-0.1, -0.05) is 13.8 Å². The first-order valence-electron chi connectivity index (χ1n) is 7.84. The highest BCUT2D eigenvalue weighted by Crippen LogP contribution is 2.22. The van der Waals surface area contributed by atoms with Crippen LogP contribution in [0, 0.1) is 0 Å². The van der Waals surface area contributed by atoms with Crippen molar-refractivity contribution in [2.75, 3.05) is 33.2 Å². The molecule has 1 rings (SSSR count). The monoisotopic (exact) mass is 284 g/mol. The van der Waals surface area contributed by atoms with Gasteiger partial charge in [0.25, 0.3) is 0 Å². The average Bonchev–Trinajstić information content (AvgIpc) is 2.89. The summed E-state index contributed by atoms with van der Waals surface area (Å²) < 4.78 is 0. The molecule has 0 aromatic carbocycles. The van der Waals surface area contributed by atoms with Crippen LogP contribution in [0.4, 0.5) is 0 Å². The molecule has 5 heteroatoms. The number of carbonyl (C=O) groups is 1. The third-order valence-electron chi connectivity index (χ3n) is 4.95. The third-order valence-corrected chi connectivity index (χ3v) is 4.95. The highest BCUT2D eigenvalue weighted by Gasteiger charge is 2.35. The number of nitrogens with zero attached hydrogens (tertiary/aromatic N) is 2. The predicted molar refractivity (Wildman–Crippen MR) is 83.6 cm³/mol. The molecular formula is C15H32N4O. The lowest BCUT2D eigenvalue weighted by Crippen LogP contribution is -2.55. The molecule has 0 saturated carbocycles. The van der Waals surface area contributed by atoms with Gasteiger partial charge in [-0.15, -0.1) is 0 Å². The zero-order valence-corrected chi connectivity index (χ0v) is 13.8. The van der Waals surface area contributed by atoms with Crippen LogP contribution < -0.4 is 11.1 Å². The first-order chi connectivity index (χ1) is 9.37. The molecule has 1 aliphatic heterocycles. The van der Waals surface area contributed by atoms with Crippen molar-refractivity contribution in [2.24, 2.45) is 5.73 Å². The molecule has 0 aromatic heterocycles. The van der Waals surface area contributed by atoms with Crippen LogP contribution in [0.25, 0.3) is 0 Å². The van der Waals surface area contributed by atoms with Gasteiger partial charge in [-0.2, -0.15) is 0 Å². The van der Waals surface area contributed by atoms with Gasteiger partial charge in [0.1, 0.15) is 0 Å². The number of nitrogens with one attached hydrogen (secondary N) is 1. The Balaban J connectivity index is 2.58. The van der Waals surface area contributed by atoms with Crippen molar-refractivity contribution in [3.8, 4) is 0 Å². The number of carbonyl (C=O) groups excluding carboxylic acids is 1. The normalized spacial score (nSPS) is 24.8. The molecule has 118 valence electrons. The molecule has 1 heterocycles. The number of rotatable bonds is 8. The fourth-order valence-electron chi connectivity index (χ4n) is 3.25. The number of likely N-dealkylation sites (N-methyl/N-ethyl adjacent to an activating group) is 2. The second-order valence-corrected chi connectivity index (χ2v) is 6.16. The summed E-state index contributed by atoms with van der Waals surface area (Å²) in [7, 11) is 1.81. The lowest BCUT2D eigenvalue weighted by Gasteiger charge is -2.34. The molecule has 3 atom stereocenters. The zero-order chi connectivity index (χ0) is 15.3. The van der Waals surface area contributed by atoms with Crippen LogP contribution in [0.1, 0.15) is 40.5 Å². The van der Waals surface area contributed by atoms with Gasteiger partial charge >= 0.3 is 0 Å². The van der Waals surface area contributed by atoms with Crippen molar-refractivity contribution in [3.05, 3.63) is 0 Å². The molecule has 1 aliphatic rings. The van der Waals surface area contributed by atoms with E-state index in [2.05, 4.69) is 35.9 Å². The number of hydrogen-bond donors (Lipinski definition) is 2. The molecule has 1 amide bonds. The summed E-state index contributed by atoms with van der Waals surface area (Å²) in [5, 5.41) is 3.08. The van der Waals surface area contributed by atoms with E-state index in [1.54, 1.807) is 7.05 Å². The molecule has 0 aromatic rings. The number of nitrogens with two attached hydrogens (primary N) is 1. The summed E-state index contributed by atoms with van der Waals surface area (Å²) in [6.45, 7) is 13.0. The van der Waals surface area contributed by atoms with Gasteiger partial charge < -0.3 is 11.1 Å². The smallest absolute Gasteiger partial charge is 0.237 e. The number of amides is 1. The average molecular weight is 284 g/mol. The van der Waals surface area contributed by atoms with Gasteiger partial charge in [0.15, 0.2) is 0 Å². The lowest BCUT2D eigenvalue weighted by molar-refractivity contribution is -0.124. The largest absolute Gasteiger partial charge is 0.368 e. The van der Waals surface area contributed by atoms with Crippen molar-refractivity contribution in [2.45, 2.75) is 58.2 Å². The van der Waals surface area contributed by atoms with Gasteiger partial charge in [0.05, 0.1) is 5.54 Å². The standard InChI is InChI=1S/C15H32N4O/c1-6-18(7-2)13-8-9-19(11-13)12(3)10-15(4,17-5)14(16)20/h12-13,17H,6-11H2,1-5H3,(H2,16,20). The minimum absolute atomic E-state index is 0.272. The van der Waals surface area contributed by atoms with E-state index >= 15 is 0 Å². The molecule has 0 bridgehead atoms. The minimum atomic E-state index is -0.618. The van der Waals surface area contributed by atoms with E-state index in [-0.39, 0.29) is 5.91 Å². The summed E-state index contributed by atoms with van der Waals surface area (Å²) in [6.07, 6.45) is 1.97. The molecule has 1 fully saturated rings. The third kappa shape index (κ3) is 3.93. The maximum atomic E-state index is 11.6. The Labute approximate surface area is 123 Å². The number of hydrogen-bond acceptors (Lipinski definition) is 4. The molecule has 0 spiro atoms. The molecule has 0 aliphatic carbocycles. The van der Waals surface area contributed by atoms with Crippen LogP contribution in [-0.4, -0.2) is 66.6 Å². The van der Waals surface area contributed by atoms with Crippen LogP contribution in [0.3, 0.4) is 0 Å². The van der Waals surface area contributed by atoms with Crippen molar-refractivity contribution >= 4 is 5.91 Å². The van der Waals surface area contributed by atoms with Crippen LogP contribution in [0.15, 0.2) is 0 Å². The van der Waals surface area contributed by atoms with E-state index in [1.165, 1.54) is 6.42 Å². The Morgan fingerprint density at radius 2 is 2.10 bits per heavy atom. The van der Waals surface area contributed by atoms with E-state index in [0.29, 0.717) is 12.1 Å². The Morgan fingerprint density at radius 3 is 2.55 bits per heavy atom. The summed E-state index contributed by atoms with van der Waals surface area (Å²) in [5.41, 5.74) is 4.90. The Hall–Kier alpha value is -0.650. The number of primary amides is 1. The Kier molecular flexibility index (Phi) is 6.43. The van der Waals surface area contributed by atoms with E-state index in [1.807, 2.05) is 6.92 Å². The predicted octanol–water partition coefficient (Wildman–Crippen LogP) is 0.645. The van der Waals surface area contributed by atoms with Gasteiger partial charge in [0, 0.05) is 25.2 Å². The van der Waals surface area contributed by atoms with Crippen LogP contribution >= 0.6 is 0 Å². The summed E-state index contributed by atoms with van der Waals surface area (Å²) >= 11 is 0. The van der Waals surface area contributed by atoms with E-state index in [9.17, 15) is 4.79 Å². The molecule has 5 nitrogen and oxygen atoms in total.